The van der Waals surface area contributed by atoms with Crippen LogP contribution in [0, 0.1) is 11.3 Å². The van der Waals surface area contributed by atoms with Gasteiger partial charge in [0.05, 0.1) is 58.5 Å². The molecular formula is C26H27F3N6O3S. The molecule has 1 amide bonds. The normalized spacial score (nSPS) is 12.7. The zero-order valence-corrected chi connectivity index (χ0v) is 22.2. The number of rotatable bonds is 10. The van der Waals surface area contributed by atoms with Gasteiger partial charge in [0.1, 0.15) is 0 Å². The molecule has 0 spiro atoms. The number of anilines is 1. The second kappa shape index (κ2) is 12.0. The fourth-order valence-corrected chi connectivity index (χ4v) is 3.97. The van der Waals surface area contributed by atoms with Crippen LogP contribution in [0.4, 0.5) is 18.9 Å². The first-order valence-electron chi connectivity index (χ1n) is 11.7. The van der Waals surface area contributed by atoms with Crippen molar-refractivity contribution in [3.63, 3.8) is 0 Å². The number of benzene rings is 2. The van der Waals surface area contributed by atoms with Crippen molar-refractivity contribution in [2.45, 2.75) is 44.6 Å². The number of nitriles is 1. The molecule has 1 aromatic heterocycles. The molecule has 0 bridgehead atoms. The first-order valence-corrected chi connectivity index (χ1v) is 12.2. The van der Waals surface area contributed by atoms with Crippen molar-refractivity contribution in [1.82, 2.24) is 19.9 Å². The molecule has 0 aliphatic carbocycles. The number of aromatic nitrogens is 3. The highest BCUT2D eigenvalue weighted by molar-refractivity contribution is 7.79. The van der Waals surface area contributed by atoms with Gasteiger partial charge in [-0.2, -0.15) is 18.4 Å². The van der Waals surface area contributed by atoms with Crippen molar-refractivity contribution < 1.29 is 28.2 Å². The van der Waals surface area contributed by atoms with Crippen molar-refractivity contribution >= 4 is 29.3 Å². The van der Waals surface area contributed by atoms with Gasteiger partial charge in [-0.05, 0) is 56.8 Å². The van der Waals surface area contributed by atoms with Crippen molar-refractivity contribution in [2.75, 3.05) is 18.6 Å². The van der Waals surface area contributed by atoms with Crippen LogP contribution in [-0.4, -0.2) is 66.8 Å². The second-order valence-corrected chi connectivity index (χ2v) is 9.61. The maximum absolute atomic E-state index is 13.5. The number of likely N-dealkylation sites (N-methyl/N-ethyl adjacent to an activating group) is 1. The number of halogens is 3. The van der Waals surface area contributed by atoms with Crippen molar-refractivity contribution in [3.05, 3.63) is 71.0 Å². The highest BCUT2D eigenvalue weighted by atomic mass is 32.1. The summed E-state index contributed by atoms with van der Waals surface area (Å²) >= 11 is 4.98. The number of aliphatic hydroxyl groups is 2. The minimum absolute atomic E-state index is 0.0918. The lowest BCUT2D eigenvalue weighted by atomic mass is 9.99. The number of carbonyl (C=O) groups excluding carboxylic acids is 1. The Balaban J connectivity index is 1.76. The van der Waals surface area contributed by atoms with Gasteiger partial charge in [-0.15, -0.1) is 5.10 Å². The van der Waals surface area contributed by atoms with Crippen molar-refractivity contribution in [1.29, 1.82) is 5.26 Å². The minimum Gasteiger partial charge on any atom is -0.394 e. The maximum atomic E-state index is 13.5. The van der Waals surface area contributed by atoms with E-state index in [-0.39, 0.29) is 18.7 Å². The Morgan fingerprint density at radius 1 is 1.23 bits per heavy atom. The summed E-state index contributed by atoms with van der Waals surface area (Å²) < 4.78 is 41.9. The monoisotopic (exact) mass is 560 g/mol. The molecule has 0 aliphatic rings. The molecule has 0 saturated carbocycles. The molecule has 39 heavy (non-hydrogen) atoms. The summed E-state index contributed by atoms with van der Waals surface area (Å²) in [6.45, 7) is 3.23. The van der Waals surface area contributed by atoms with Crippen LogP contribution < -0.4 is 4.90 Å². The van der Waals surface area contributed by atoms with Gasteiger partial charge in [0.2, 0.25) is 0 Å². The third-order valence-electron chi connectivity index (χ3n) is 6.33. The Labute approximate surface area is 228 Å². The summed E-state index contributed by atoms with van der Waals surface area (Å²) in [6, 6.07) is 11.8. The number of hydrogen-bond acceptors (Lipinski definition) is 8. The predicted molar refractivity (Wildman–Crippen MR) is 141 cm³/mol. The molecule has 0 radical (unpaired) electrons. The summed E-state index contributed by atoms with van der Waals surface area (Å²) in [5.41, 5.74) is 0.112. The van der Waals surface area contributed by atoms with E-state index in [9.17, 15) is 23.1 Å². The van der Waals surface area contributed by atoms with Crippen LogP contribution in [0.1, 0.15) is 36.2 Å². The number of thiocarbonyl (C=S) groups is 1. The van der Waals surface area contributed by atoms with Crippen LogP contribution >= 0.6 is 12.2 Å². The van der Waals surface area contributed by atoms with Gasteiger partial charge in [-0.1, -0.05) is 29.6 Å². The first-order chi connectivity index (χ1) is 18.3. The van der Waals surface area contributed by atoms with Crippen LogP contribution in [0.25, 0.3) is 5.69 Å². The second-order valence-electron chi connectivity index (χ2n) is 9.40. The Morgan fingerprint density at radius 3 is 2.46 bits per heavy atom. The average molecular weight is 561 g/mol. The molecule has 0 aliphatic heterocycles. The Morgan fingerprint density at radius 2 is 1.90 bits per heavy atom. The Kier molecular flexibility index (Phi) is 9.18. The van der Waals surface area contributed by atoms with Crippen LogP contribution in [0.3, 0.4) is 0 Å². The minimum atomic E-state index is -4.77. The summed E-state index contributed by atoms with van der Waals surface area (Å²) in [6.07, 6.45) is -3.88. The molecule has 1 atom stereocenters. The molecule has 3 aromatic rings. The molecular weight excluding hydrogens is 533 g/mol. The predicted octanol–water partition coefficient (Wildman–Crippen LogP) is 3.25. The first kappa shape index (κ1) is 29.9. The smallest absolute Gasteiger partial charge is 0.394 e. The van der Waals surface area contributed by atoms with E-state index in [4.69, 9.17) is 22.6 Å². The lowest BCUT2D eigenvalue weighted by molar-refractivity contribution is -0.137. The van der Waals surface area contributed by atoms with Crippen molar-refractivity contribution in [2.24, 2.45) is 0 Å². The SMILES string of the molecule is CN(Cc1ccc(-n2cc(CC(O)CO)nn2)cc1)C(C)(C)C(=O)N(C=S)c1ccc(C#N)c(C(F)(F)F)c1. The molecule has 2 N–H and O–H groups in total. The quantitative estimate of drug-likeness (QED) is 0.363. The van der Waals surface area contributed by atoms with Gasteiger partial charge in [0, 0.05) is 18.7 Å². The third-order valence-corrected chi connectivity index (χ3v) is 6.54. The van der Waals surface area contributed by atoms with Crippen LogP contribution in [-0.2, 0) is 23.9 Å². The summed E-state index contributed by atoms with van der Waals surface area (Å²) in [4.78, 5) is 16.2. The zero-order chi connectivity index (χ0) is 29.0. The topological polar surface area (TPSA) is 119 Å². The fourth-order valence-electron chi connectivity index (χ4n) is 3.75. The highest BCUT2D eigenvalue weighted by Crippen LogP contribution is 2.35. The van der Waals surface area contributed by atoms with E-state index in [1.54, 1.807) is 44.1 Å². The van der Waals surface area contributed by atoms with E-state index >= 15 is 0 Å². The van der Waals surface area contributed by atoms with Gasteiger partial charge in [-0.3, -0.25) is 14.6 Å². The molecule has 3 rings (SSSR count). The van der Waals surface area contributed by atoms with Gasteiger partial charge >= 0.3 is 6.18 Å². The van der Waals surface area contributed by atoms with Gasteiger partial charge in [0.15, 0.2) is 0 Å². The number of aliphatic hydroxyl groups excluding tert-OH is 2. The van der Waals surface area contributed by atoms with E-state index in [0.29, 0.717) is 17.9 Å². The summed E-state index contributed by atoms with van der Waals surface area (Å²) in [5.74, 6) is -0.547. The maximum Gasteiger partial charge on any atom is 0.417 e. The van der Waals surface area contributed by atoms with Crippen LogP contribution in [0.5, 0.6) is 0 Å². The molecule has 13 heteroatoms. The number of amides is 1. The number of carbonyl (C=O) groups is 1. The fraction of sp³-hybridized carbons (Fsp3) is 0.346. The van der Waals surface area contributed by atoms with E-state index < -0.39 is 34.9 Å². The standard InChI is InChI=1S/C26H27F3N6O3S/c1-25(2,24(38)34(16-39)21-9-6-18(12-30)23(11-21)26(27,28)29)33(3)13-17-4-7-20(8-5-17)35-14-19(31-32-35)10-22(37)15-36/h4-9,11,14,16,22,36-37H,10,13,15H2,1-3H3. The largest absolute Gasteiger partial charge is 0.417 e. The Bertz CT molecular complexity index is 1370. The van der Waals surface area contributed by atoms with Crippen LogP contribution in [0.2, 0.25) is 0 Å². The molecule has 2 aromatic carbocycles. The summed E-state index contributed by atoms with van der Waals surface area (Å²) in [5, 5.41) is 35.6. The average Bonchev–Trinajstić information content (AvgIpc) is 3.37. The lowest BCUT2D eigenvalue weighted by Crippen LogP contribution is -2.54. The van der Waals surface area contributed by atoms with E-state index in [1.165, 1.54) is 16.8 Å². The van der Waals surface area contributed by atoms with Crippen LogP contribution in [0.15, 0.2) is 48.7 Å². The molecule has 206 valence electrons. The molecule has 1 unspecified atom stereocenters. The Hall–Kier alpha value is -3.70. The van der Waals surface area contributed by atoms with E-state index in [2.05, 4.69) is 10.3 Å². The lowest BCUT2D eigenvalue weighted by Gasteiger charge is -2.37. The third kappa shape index (κ3) is 6.85. The number of hydrogen-bond donors (Lipinski definition) is 2. The van der Waals surface area contributed by atoms with E-state index in [1.807, 2.05) is 12.1 Å². The number of nitrogens with zero attached hydrogens (tertiary/aromatic N) is 6. The summed E-state index contributed by atoms with van der Waals surface area (Å²) in [7, 11) is 1.71. The zero-order valence-electron chi connectivity index (χ0n) is 21.4. The van der Waals surface area contributed by atoms with Gasteiger partial charge in [0.25, 0.3) is 5.91 Å². The van der Waals surface area contributed by atoms with Gasteiger partial charge in [-0.25, -0.2) is 4.68 Å². The molecule has 1 heterocycles. The van der Waals surface area contributed by atoms with Gasteiger partial charge < -0.3 is 10.2 Å². The molecule has 0 saturated heterocycles. The highest BCUT2D eigenvalue weighted by Gasteiger charge is 2.38. The molecule has 0 fully saturated rings. The van der Waals surface area contributed by atoms with Crippen molar-refractivity contribution in [3.8, 4) is 11.8 Å². The number of alkyl halides is 3. The van der Waals surface area contributed by atoms with E-state index in [0.717, 1.165) is 28.1 Å². The molecule has 9 nitrogen and oxygen atoms in total.